The highest BCUT2D eigenvalue weighted by atomic mass is 19.1. The van der Waals surface area contributed by atoms with Crippen molar-refractivity contribution in [1.82, 2.24) is 23.7 Å². The number of alkyl halides is 1. The largest absolute Gasteiger partial charge is 0.327 e. The second-order valence-corrected chi connectivity index (χ2v) is 12.8. The Kier molecular flexibility index (Phi) is 6.27. The standard InChI is InChI=1S/C44H30FN5/c1-48-38-19-8-6-17-36(38)47-44(48)30-13-11-12-28(24-30)43(45)29-21-22-33-35-26-34-32-16-5-7-18-37(32)49(31-14-3-2-4-15-31)40(34)27-41(35)50(39(33)25-29)42-20-9-10-23-46-42/h2-27,43H,1H3. The summed E-state index contributed by atoms with van der Waals surface area (Å²) >= 11 is 0. The molecule has 10 aromatic rings. The number of hydrogen-bond donors (Lipinski definition) is 0. The van der Waals surface area contributed by atoms with Crippen molar-refractivity contribution in [2.75, 3.05) is 0 Å². The molecule has 0 bridgehead atoms. The summed E-state index contributed by atoms with van der Waals surface area (Å²) in [6, 6.07) is 51.2. The molecule has 4 aromatic heterocycles. The number of aromatic nitrogens is 5. The fourth-order valence-electron chi connectivity index (χ4n) is 7.67. The number of nitrogens with zero attached hydrogens (tertiary/aromatic N) is 5. The number of imidazole rings is 1. The van der Waals surface area contributed by atoms with Crippen molar-refractivity contribution >= 4 is 54.6 Å². The predicted molar refractivity (Wildman–Crippen MR) is 202 cm³/mol. The Labute approximate surface area is 287 Å². The lowest BCUT2D eigenvalue weighted by Gasteiger charge is -2.13. The van der Waals surface area contributed by atoms with Gasteiger partial charge in [0.25, 0.3) is 0 Å². The van der Waals surface area contributed by atoms with Crippen LogP contribution in [0.1, 0.15) is 17.3 Å². The van der Waals surface area contributed by atoms with Gasteiger partial charge >= 0.3 is 0 Å². The third-order valence-electron chi connectivity index (χ3n) is 9.99. The second kappa shape index (κ2) is 11.0. The van der Waals surface area contributed by atoms with E-state index >= 15 is 4.39 Å². The molecule has 0 radical (unpaired) electrons. The molecule has 0 saturated carbocycles. The van der Waals surface area contributed by atoms with Gasteiger partial charge in [-0.05, 0) is 77.9 Å². The maximum absolute atomic E-state index is 16.7. The van der Waals surface area contributed by atoms with E-state index in [0.29, 0.717) is 11.1 Å². The smallest absolute Gasteiger partial charge is 0.150 e. The van der Waals surface area contributed by atoms with Gasteiger partial charge in [-0.25, -0.2) is 14.4 Å². The quantitative estimate of drug-likeness (QED) is 0.187. The Balaban J connectivity index is 1.18. The Morgan fingerprint density at radius 3 is 2.04 bits per heavy atom. The van der Waals surface area contributed by atoms with Gasteiger partial charge in [-0.2, -0.15) is 0 Å². The van der Waals surface area contributed by atoms with Crippen LogP contribution in [0.4, 0.5) is 4.39 Å². The van der Waals surface area contributed by atoms with Crippen LogP contribution < -0.4 is 0 Å². The van der Waals surface area contributed by atoms with E-state index in [1.165, 1.54) is 10.8 Å². The highest BCUT2D eigenvalue weighted by Gasteiger charge is 2.22. The number of halogens is 1. The first-order valence-corrected chi connectivity index (χ1v) is 16.8. The van der Waals surface area contributed by atoms with Crippen LogP contribution in [-0.2, 0) is 7.05 Å². The zero-order chi connectivity index (χ0) is 33.3. The van der Waals surface area contributed by atoms with E-state index in [4.69, 9.17) is 9.97 Å². The zero-order valence-electron chi connectivity index (χ0n) is 27.2. The van der Waals surface area contributed by atoms with Gasteiger partial charge in [0.15, 0.2) is 6.17 Å². The van der Waals surface area contributed by atoms with Crippen molar-refractivity contribution in [1.29, 1.82) is 0 Å². The van der Waals surface area contributed by atoms with Gasteiger partial charge in [0.1, 0.15) is 11.6 Å². The average molecular weight is 648 g/mol. The second-order valence-electron chi connectivity index (χ2n) is 12.8. The van der Waals surface area contributed by atoms with Gasteiger partial charge in [0.05, 0.1) is 33.1 Å². The summed E-state index contributed by atoms with van der Waals surface area (Å²) in [5.41, 5.74) is 9.29. The van der Waals surface area contributed by atoms with E-state index in [2.05, 4.69) is 86.5 Å². The lowest BCUT2D eigenvalue weighted by molar-refractivity contribution is 0.402. The molecule has 50 heavy (non-hydrogen) atoms. The maximum Gasteiger partial charge on any atom is 0.150 e. The Hall–Kier alpha value is -6.53. The molecule has 0 saturated heterocycles. The summed E-state index contributed by atoms with van der Waals surface area (Å²) in [6.07, 6.45) is 0.468. The number of pyridine rings is 1. The molecule has 238 valence electrons. The maximum atomic E-state index is 16.7. The van der Waals surface area contributed by atoms with Crippen molar-refractivity contribution in [2.45, 2.75) is 6.17 Å². The molecule has 4 heterocycles. The predicted octanol–water partition coefficient (Wildman–Crippen LogP) is 10.9. The third kappa shape index (κ3) is 4.25. The molecule has 1 unspecified atom stereocenters. The first kappa shape index (κ1) is 28.5. The van der Waals surface area contributed by atoms with Crippen LogP contribution in [0.3, 0.4) is 0 Å². The lowest BCUT2D eigenvalue weighted by Crippen LogP contribution is -1.99. The zero-order valence-corrected chi connectivity index (χ0v) is 27.2. The first-order chi connectivity index (χ1) is 24.6. The first-order valence-electron chi connectivity index (χ1n) is 16.8. The summed E-state index contributed by atoms with van der Waals surface area (Å²) < 4.78 is 23.3. The monoisotopic (exact) mass is 647 g/mol. The van der Waals surface area contributed by atoms with E-state index in [1.54, 1.807) is 6.20 Å². The van der Waals surface area contributed by atoms with Gasteiger partial charge in [-0.3, -0.25) is 4.57 Å². The minimum Gasteiger partial charge on any atom is -0.327 e. The van der Waals surface area contributed by atoms with Crippen molar-refractivity contribution in [3.05, 3.63) is 169 Å². The number of benzene rings is 6. The minimum atomic E-state index is -1.34. The van der Waals surface area contributed by atoms with Gasteiger partial charge in [-0.1, -0.05) is 84.9 Å². The normalized spacial score (nSPS) is 12.5. The minimum absolute atomic E-state index is 0.587. The molecule has 5 nitrogen and oxygen atoms in total. The molecule has 10 rings (SSSR count). The number of hydrogen-bond acceptors (Lipinski definition) is 2. The fourth-order valence-corrected chi connectivity index (χ4v) is 7.67. The molecule has 0 aliphatic carbocycles. The van der Waals surface area contributed by atoms with Crippen molar-refractivity contribution in [3.8, 4) is 22.9 Å². The topological polar surface area (TPSA) is 40.6 Å². The fraction of sp³-hybridized carbons (Fsp3) is 0.0455. The summed E-state index contributed by atoms with van der Waals surface area (Å²) in [5.74, 6) is 1.59. The highest BCUT2D eigenvalue weighted by molar-refractivity contribution is 6.19. The molecule has 1 atom stereocenters. The van der Waals surface area contributed by atoms with Crippen molar-refractivity contribution < 1.29 is 4.39 Å². The lowest BCUT2D eigenvalue weighted by atomic mass is 9.99. The molecule has 0 aliphatic heterocycles. The van der Waals surface area contributed by atoms with Gasteiger partial charge in [0.2, 0.25) is 0 Å². The van der Waals surface area contributed by atoms with Crippen molar-refractivity contribution in [3.63, 3.8) is 0 Å². The van der Waals surface area contributed by atoms with Crippen LogP contribution in [0.25, 0.3) is 77.5 Å². The molecule has 0 aliphatic rings. The van der Waals surface area contributed by atoms with Crippen LogP contribution in [0.15, 0.2) is 158 Å². The number of para-hydroxylation sites is 4. The van der Waals surface area contributed by atoms with E-state index in [-0.39, 0.29) is 0 Å². The van der Waals surface area contributed by atoms with Gasteiger partial charge in [-0.15, -0.1) is 0 Å². The molecule has 0 amide bonds. The SMILES string of the molecule is Cn1c(-c2cccc(C(F)c3ccc4c5cc6c7ccccc7n(-c7ccccc7)c6cc5n(-c5ccccn5)c4c3)c2)nc2ccccc21. The Morgan fingerprint density at radius 2 is 1.22 bits per heavy atom. The molecule has 0 fully saturated rings. The van der Waals surface area contributed by atoms with E-state index in [9.17, 15) is 0 Å². The molecule has 6 heteroatoms. The Morgan fingerprint density at radius 1 is 0.520 bits per heavy atom. The number of fused-ring (bicyclic) bond motifs is 7. The summed E-state index contributed by atoms with van der Waals surface area (Å²) in [7, 11) is 2.00. The Bertz CT molecular complexity index is 2900. The van der Waals surface area contributed by atoms with Crippen LogP contribution in [0.2, 0.25) is 0 Å². The molecular formula is C44H30FN5. The summed E-state index contributed by atoms with van der Waals surface area (Å²) in [6.45, 7) is 0. The van der Waals surface area contributed by atoms with Crippen LogP contribution in [0.5, 0.6) is 0 Å². The highest BCUT2D eigenvalue weighted by Crippen LogP contribution is 2.41. The number of aryl methyl sites for hydroxylation is 1. The molecular weight excluding hydrogens is 618 g/mol. The third-order valence-corrected chi connectivity index (χ3v) is 9.99. The summed E-state index contributed by atoms with van der Waals surface area (Å²) in [4.78, 5) is 9.64. The van der Waals surface area contributed by atoms with Gasteiger partial charge in [0, 0.05) is 46.0 Å². The van der Waals surface area contributed by atoms with Crippen LogP contribution in [-0.4, -0.2) is 23.7 Å². The molecule has 0 N–H and O–H groups in total. The molecule has 6 aromatic carbocycles. The molecule has 0 spiro atoms. The van der Waals surface area contributed by atoms with Gasteiger partial charge < -0.3 is 9.13 Å². The van der Waals surface area contributed by atoms with E-state index < -0.39 is 6.17 Å². The van der Waals surface area contributed by atoms with Crippen LogP contribution >= 0.6 is 0 Å². The van der Waals surface area contributed by atoms with Crippen LogP contribution in [0, 0.1) is 0 Å². The van der Waals surface area contributed by atoms with E-state index in [0.717, 1.165) is 66.8 Å². The number of rotatable bonds is 5. The summed E-state index contributed by atoms with van der Waals surface area (Å²) in [5, 5.41) is 4.50. The average Bonchev–Trinajstić information content (AvgIpc) is 3.80. The van der Waals surface area contributed by atoms with Crippen molar-refractivity contribution in [2.24, 2.45) is 7.05 Å². The van der Waals surface area contributed by atoms with E-state index in [1.807, 2.05) is 85.9 Å².